The molecule has 0 atom stereocenters. The van der Waals surface area contributed by atoms with Gasteiger partial charge in [-0.15, -0.1) is 0 Å². The Labute approximate surface area is 116 Å². The van der Waals surface area contributed by atoms with Crippen LogP contribution in [0.25, 0.3) is 10.8 Å². The maximum Gasteiger partial charge on any atom is 0.126 e. The molecular formula is C18H24O. The first-order valence-electron chi connectivity index (χ1n) is 7.50. The number of hydrogen-bond acceptors (Lipinski definition) is 1. The van der Waals surface area contributed by atoms with E-state index in [9.17, 15) is 5.11 Å². The summed E-state index contributed by atoms with van der Waals surface area (Å²) in [6, 6.07) is 10.4. The molecule has 2 aromatic carbocycles. The molecule has 0 spiro atoms. The molecule has 2 aromatic rings. The molecule has 0 aliphatic carbocycles. The fourth-order valence-corrected chi connectivity index (χ4v) is 2.65. The molecule has 0 saturated carbocycles. The second-order valence-corrected chi connectivity index (χ2v) is 5.29. The SMILES string of the molecule is CCCCc1cc2ccccc2c(O)c1CCCC. The topological polar surface area (TPSA) is 20.2 Å². The standard InChI is InChI=1S/C18H24O/c1-3-5-9-14-13-15-10-7-8-12-17(15)18(19)16(14)11-6-4-2/h7-8,10,12-13,19H,3-6,9,11H2,1-2H3. The van der Waals surface area contributed by atoms with Gasteiger partial charge in [0.15, 0.2) is 0 Å². The lowest BCUT2D eigenvalue weighted by atomic mass is 9.93. The van der Waals surface area contributed by atoms with Gasteiger partial charge in [-0.1, -0.05) is 57.0 Å². The van der Waals surface area contributed by atoms with Gasteiger partial charge in [0, 0.05) is 5.39 Å². The number of unbranched alkanes of at least 4 members (excludes halogenated alkanes) is 2. The third kappa shape index (κ3) is 3.09. The molecule has 0 radical (unpaired) electrons. The maximum absolute atomic E-state index is 10.6. The van der Waals surface area contributed by atoms with Crippen molar-refractivity contribution in [1.29, 1.82) is 0 Å². The van der Waals surface area contributed by atoms with Gasteiger partial charge in [0.05, 0.1) is 0 Å². The molecule has 0 heterocycles. The highest BCUT2D eigenvalue weighted by molar-refractivity contribution is 5.90. The van der Waals surface area contributed by atoms with Crippen LogP contribution in [0, 0.1) is 0 Å². The van der Waals surface area contributed by atoms with Crippen LogP contribution in [-0.4, -0.2) is 5.11 Å². The summed E-state index contributed by atoms with van der Waals surface area (Å²) in [6.07, 6.45) is 6.77. The second kappa shape index (κ2) is 6.60. The summed E-state index contributed by atoms with van der Waals surface area (Å²) in [5, 5.41) is 12.7. The molecule has 0 aliphatic rings. The number of phenolic OH excluding ortho intramolecular Hbond substituents is 1. The third-order valence-electron chi connectivity index (χ3n) is 3.80. The molecule has 0 fully saturated rings. The molecule has 0 amide bonds. The Hall–Kier alpha value is -1.50. The zero-order valence-corrected chi connectivity index (χ0v) is 12.1. The van der Waals surface area contributed by atoms with Crippen molar-refractivity contribution in [3.05, 3.63) is 41.5 Å². The summed E-state index contributed by atoms with van der Waals surface area (Å²) < 4.78 is 0. The molecule has 0 unspecified atom stereocenters. The number of phenols is 1. The number of hydrogen-bond donors (Lipinski definition) is 1. The number of aromatic hydroxyl groups is 1. The first-order chi connectivity index (χ1) is 9.27. The lowest BCUT2D eigenvalue weighted by molar-refractivity contribution is 0.472. The van der Waals surface area contributed by atoms with E-state index in [0.29, 0.717) is 5.75 Å². The van der Waals surface area contributed by atoms with E-state index in [1.807, 2.05) is 18.2 Å². The fourth-order valence-electron chi connectivity index (χ4n) is 2.65. The van der Waals surface area contributed by atoms with Gasteiger partial charge < -0.3 is 5.11 Å². The van der Waals surface area contributed by atoms with Crippen molar-refractivity contribution in [2.24, 2.45) is 0 Å². The normalized spacial score (nSPS) is 11.1. The van der Waals surface area contributed by atoms with Crippen LogP contribution in [0.3, 0.4) is 0 Å². The van der Waals surface area contributed by atoms with Crippen LogP contribution in [-0.2, 0) is 12.8 Å². The minimum absolute atomic E-state index is 0.512. The van der Waals surface area contributed by atoms with Gasteiger partial charge in [0.1, 0.15) is 5.75 Å². The van der Waals surface area contributed by atoms with Crippen LogP contribution in [0.2, 0.25) is 0 Å². The smallest absolute Gasteiger partial charge is 0.126 e. The molecule has 0 aromatic heterocycles. The predicted octanol–water partition coefficient (Wildman–Crippen LogP) is 5.23. The zero-order valence-electron chi connectivity index (χ0n) is 12.1. The van der Waals surface area contributed by atoms with Crippen molar-refractivity contribution in [2.45, 2.75) is 52.4 Å². The van der Waals surface area contributed by atoms with Gasteiger partial charge in [0.2, 0.25) is 0 Å². The zero-order chi connectivity index (χ0) is 13.7. The van der Waals surface area contributed by atoms with Crippen molar-refractivity contribution >= 4 is 10.8 Å². The van der Waals surface area contributed by atoms with Crippen molar-refractivity contribution in [2.75, 3.05) is 0 Å². The highest BCUT2D eigenvalue weighted by atomic mass is 16.3. The van der Waals surface area contributed by atoms with Gasteiger partial charge in [-0.25, -0.2) is 0 Å². The minimum atomic E-state index is 0.512. The first kappa shape index (κ1) is 13.9. The third-order valence-corrected chi connectivity index (χ3v) is 3.80. The van der Waals surface area contributed by atoms with Gasteiger partial charge in [-0.3, -0.25) is 0 Å². The monoisotopic (exact) mass is 256 g/mol. The maximum atomic E-state index is 10.6. The quantitative estimate of drug-likeness (QED) is 0.750. The molecule has 0 bridgehead atoms. The Morgan fingerprint density at radius 2 is 1.63 bits per heavy atom. The predicted molar refractivity (Wildman–Crippen MR) is 82.8 cm³/mol. The van der Waals surface area contributed by atoms with E-state index in [1.165, 1.54) is 30.4 Å². The average molecular weight is 256 g/mol. The van der Waals surface area contributed by atoms with Crippen LogP contribution in [0.4, 0.5) is 0 Å². The number of aryl methyl sites for hydroxylation is 1. The molecule has 1 N–H and O–H groups in total. The van der Waals surface area contributed by atoms with Crippen LogP contribution < -0.4 is 0 Å². The Bertz CT molecular complexity index is 543. The van der Waals surface area contributed by atoms with E-state index >= 15 is 0 Å². The number of rotatable bonds is 6. The molecule has 2 rings (SSSR count). The van der Waals surface area contributed by atoms with Crippen molar-refractivity contribution in [3.63, 3.8) is 0 Å². The van der Waals surface area contributed by atoms with Gasteiger partial charge in [0.25, 0.3) is 0 Å². The molecule has 1 heteroatoms. The van der Waals surface area contributed by atoms with E-state index in [4.69, 9.17) is 0 Å². The van der Waals surface area contributed by atoms with E-state index in [1.54, 1.807) is 0 Å². The van der Waals surface area contributed by atoms with Crippen molar-refractivity contribution in [3.8, 4) is 5.75 Å². The highest BCUT2D eigenvalue weighted by Crippen LogP contribution is 2.33. The second-order valence-electron chi connectivity index (χ2n) is 5.29. The van der Waals surface area contributed by atoms with Crippen LogP contribution in [0.1, 0.15) is 50.7 Å². The van der Waals surface area contributed by atoms with E-state index in [-0.39, 0.29) is 0 Å². The summed E-state index contributed by atoms with van der Waals surface area (Å²) in [5.41, 5.74) is 2.51. The molecule has 0 saturated heterocycles. The van der Waals surface area contributed by atoms with Crippen molar-refractivity contribution < 1.29 is 5.11 Å². The van der Waals surface area contributed by atoms with Gasteiger partial charge in [-0.05, 0) is 42.2 Å². The molecule has 102 valence electrons. The van der Waals surface area contributed by atoms with Crippen LogP contribution in [0.5, 0.6) is 5.75 Å². The van der Waals surface area contributed by atoms with Gasteiger partial charge in [-0.2, -0.15) is 0 Å². The molecule has 0 aliphatic heterocycles. The summed E-state index contributed by atoms with van der Waals surface area (Å²) in [4.78, 5) is 0. The highest BCUT2D eigenvalue weighted by Gasteiger charge is 2.11. The first-order valence-corrected chi connectivity index (χ1v) is 7.50. The summed E-state index contributed by atoms with van der Waals surface area (Å²) in [5.74, 6) is 0.512. The van der Waals surface area contributed by atoms with E-state index in [2.05, 4.69) is 26.0 Å². The summed E-state index contributed by atoms with van der Waals surface area (Å²) in [7, 11) is 0. The Morgan fingerprint density at radius 1 is 0.947 bits per heavy atom. The summed E-state index contributed by atoms with van der Waals surface area (Å²) in [6.45, 7) is 4.41. The van der Waals surface area contributed by atoms with Gasteiger partial charge >= 0.3 is 0 Å². The van der Waals surface area contributed by atoms with Crippen LogP contribution >= 0.6 is 0 Å². The lowest BCUT2D eigenvalue weighted by Gasteiger charge is -2.14. The number of benzene rings is 2. The lowest BCUT2D eigenvalue weighted by Crippen LogP contribution is -1.97. The molecular weight excluding hydrogens is 232 g/mol. The molecule has 1 nitrogen and oxygen atoms in total. The van der Waals surface area contributed by atoms with Crippen molar-refractivity contribution in [1.82, 2.24) is 0 Å². The number of fused-ring (bicyclic) bond motifs is 1. The Kier molecular flexibility index (Phi) is 4.84. The Balaban J connectivity index is 2.48. The Morgan fingerprint density at radius 3 is 2.37 bits per heavy atom. The van der Waals surface area contributed by atoms with E-state index in [0.717, 1.165) is 30.0 Å². The van der Waals surface area contributed by atoms with E-state index < -0.39 is 0 Å². The average Bonchev–Trinajstić information content (AvgIpc) is 2.44. The molecule has 19 heavy (non-hydrogen) atoms. The van der Waals surface area contributed by atoms with Crippen LogP contribution in [0.15, 0.2) is 30.3 Å². The fraction of sp³-hybridized carbons (Fsp3) is 0.444. The summed E-state index contributed by atoms with van der Waals surface area (Å²) >= 11 is 0. The minimum Gasteiger partial charge on any atom is -0.507 e. The largest absolute Gasteiger partial charge is 0.507 e.